The van der Waals surface area contributed by atoms with Gasteiger partial charge < -0.3 is 29.9 Å². The summed E-state index contributed by atoms with van der Waals surface area (Å²) in [5.41, 5.74) is -1.86. The van der Waals surface area contributed by atoms with E-state index in [2.05, 4.69) is 0 Å². The fourth-order valence-corrected chi connectivity index (χ4v) is 1.38. The molecule has 1 fully saturated rings. The van der Waals surface area contributed by atoms with E-state index >= 15 is 0 Å². The molecule has 0 amide bonds. The molecule has 4 N–H and O–H groups in total. The van der Waals surface area contributed by atoms with E-state index in [9.17, 15) is 10.2 Å². The van der Waals surface area contributed by atoms with Gasteiger partial charge in [0.15, 0.2) is 11.9 Å². The first kappa shape index (κ1) is 10.8. The van der Waals surface area contributed by atoms with Crippen LogP contribution in [0.4, 0.5) is 0 Å². The first-order valence-electron chi connectivity index (χ1n) is 3.90. The van der Waals surface area contributed by atoms with E-state index in [1.807, 2.05) is 0 Å². The Hall–Kier alpha value is -0.240. The Labute approximate surface area is 75.3 Å². The smallest absolute Gasteiger partial charge is 0.191 e. The molecule has 0 spiro atoms. The summed E-state index contributed by atoms with van der Waals surface area (Å²) in [4.78, 5) is 0. The van der Waals surface area contributed by atoms with Gasteiger partial charge in [-0.25, -0.2) is 0 Å². The van der Waals surface area contributed by atoms with Gasteiger partial charge >= 0.3 is 0 Å². The Kier molecular flexibility index (Phi) is 3.23. The summed E-state index contributed by atoms with van der Waals surface area (Å²) in [7, 11) is 1.28. The van der Waals surface area contributed by atoms with E-state index in [1.54, 1.807) is 0 Å². The van der Waals surface area contributed by atoms with Crippen LogP contribution < -0.4 is 0 Å². The van der Waals surface area contributed by atoms with Gasteiger partial charge in [-0.2, -0.15) is 0 Å². The molecular formula is C7H14O6. The first-order valence-corrected chi connectivity index (χ1v) is 3.90. The van der Waals surface area contributed by atoms with Gasteiger partial charge in [-0.3, -0.25) is 0 Å². The molecule has 0 aromatic heterocycles. The van der Waals surface area contributed by atoms with E-state index in [1.165, 1.54) is 7.11 Å². The second-order valence-corrected chi connectivity index (χ2v) is 3.02. The monoisotopic (exact) mass is 194 g/mol. The summed E-state index contributed by atoms with van der Waals surface area (Å²) in [5.74, 6) is 0. The number of rotatable bonds is 3. The van der Waals surface area contributed by atoms with Crippen molar-refractivity contribution in [1.29, 1.82) is 0 Å². The van der Waals surface area contributed by atoms with Gasteiger partial charge in [-0.15, -0.1) is 0 Å². The van der Waals surface area contributed by atoms with Crippen molar-refractivity contribution in [3.63, 3.8) is 0 Å². The highest BCUT2D eigenvalue weighted by molar-refractivity contribution is 4.99. The molecule has 0 saturated carbocycles. The van der Waals surface area contributed by atoms with Crippen molar-refractivity contribution >= 4 is 0 Å². The molecule has 0 unspecified atom stereocenters. The lowest BCUT2D eigenvalue weighted by atomic mass is 9.96. The molecule has 1 aliphatic rings. The SMILES string of the molecule is CO[C@H]1O[C@H](CO)[C@@H](O)[C@@]1(O)CO. The summed E-state index contributed by atoms with van der Waals surface area (Å²) in [6.45, 7) is -1.13. The standard InChI is InChI=1S/C7H14O6/c1-12-6-7(11,3-9)5(10)4(2-8)13-6/h4-6,8-11H,2-3H2,1H3/t4-,5-,6+,7+/m1/s1. The Balaban J connectivity index is 2.80. The molecule has 1 rings (SSSR count). The van der Waals surface area contributed by atoms with E-state index in [-0.39, 0.29) is 0 Å². The number of aliphatic hydroxyl groups is 4. The molecule has 78 valence electrons. The largest absolute Gasteiger partial charge is 0.394 e. The Bertz CT molecular complexity index is 170. The van der Waals surface area contributed by atoms with Crippen LogP contribution in [0.25, 0.3) is 0 Å². The lowest BCUT2D eigenvalue weighted by Crippen LogP contribution is -2.52. The minimum absolute atomic E-state index is 0.441. The third-order valence-corrected chi connectivity index (χ3v) is 2.22. The lowest BCUT2D eigenvalue weighted by Gasteiger charge is -2.27. The third-order valence-electron chi connectivity index (χ3n) is 2.22. The molecule has 1 saturated heterocycles. The van der Waals surface area contributed by atoms with Crippen molar-refractivity contribution in [2.75, 3.05) is 20.3 Å². The summed E-state index contributed by atoms with van der Waals surface area (Å²) < 4.78 is 9.66. The summed E-state index contributed by atoms with van der Waals surface area (Å²) >= 11 is 0. The Morgan fingerprint density at radius 3 is 2.38 bits per heavy atom. The zero-order chi connectivity index (χ0) is 10.1. The summed E-state index contributed by atoms with van der Waals surface area (Å²) in [5, 5.41) is 36.7. The van der Waals surface area contributed by atoms with Gasteiger partial charge in [0.05, 0.1) is 13.2 Å². The number of aliphatic hydroxyl groups excluding tert-OH is 3. The molecule has 0 radical (unpaired) electrons. The van der Waals surface area contributed by atoms with Gasteiger partial charge in [0.2, 0.25) is 0 Å². The summed E-state index contributed by atoms with van der Waals surface area (Å²) in [6.07, 6.45) is -3.40. The molecule has 0 aromatic rings. The fraction of sp³-hybridized carbons (Fsp3) is 1.00. The predicted molar refractivity (Wildman–Crippen MR) is 40.8 cm³/mol. The predicted octanol–water partition coefficient (Wildman–Crippen LogP) is -2.57. The van der Waals surface area contributed by atoms with E-state index in [4.69, 9.17) is 19.7 Å². The maximum Gasteiger partial charge on any atom is 0.191 e. The molecule has 6 nitrogen and oxygen atoms in total. The highest BCUT2D eigenvalue weighted by Crippen LogP contribution is 2.31. The second kappa shape index (κ2) is 3.87. The first-order chi connectivity index (χ1) is 6.10. The third kappa shape index (κ3) is 1.56. The molecule has 0 bridgehead atoms. The van der Waals surface area contributed by atoms with Crippen LogP contribution in [-0.2, 0) is 9.47 Å². The van der Waals surface area contributed by atoms with Crippen LogP contribution in [0.5, 0.6) is 0 Å². The van der Waals surface area contributed by atoms with E-state index in [0.717, 1.165) is 0 Å². The Morgan fingerprint density at radius 2 is 2.08 bits per heavy atom. The second-order valence-electron chi connectivity index (χ2n) is 3.02. The normalized spacial score (nSPS) is 45.5. The maximum atomic E-state index is 9.67. The highest BCUT2D eigenvalue weighted by Gasteiger charge is 2.55. The van der Waals surface area contributed by atoms with Crippen molar-refractivity contribution in [2.24, 2.45) is 0 Å². The van der Waals surface area contributed by atoms with Crippen LogP contribution in [0.1, 0.15) is 0 Å². The van der Waals surface area contributed by atoms with Gasteiger partial charge in [0, 0.05) is 7.11 Å². The van der Waals surface area contributed by atoms with Crippen LogP contribution in [0.2, 0.25) is 0 Å². The van der Waals surface area contributed by atoms with Crippen molar-refractivity contribution in [3.8, 4) is 0 Å². The molecule has 13 heavy (non-hydrogen) atoms. The van der Waals surface area contributed by atoms with E-state index in [0.29, 0.717) is 0 Å². The van der Waals surface area contributed by atoms with Gasteiger partial charge in [0.1, 0.15) is 12.2 Å². The number of methoxy groups -OCH3 is 1. The lowest BCUT2D eigenvalue weighted by molar-refractivity contribution is -0.205. The van der Waals surface area contributed by atoms with Crippen molar-refractivity contribution < 1.29 is 29.9 Å². The molecule has 0 aliphatic carbocycles. The van der Waals surface area contributed by atoms with Gasteiger partial charge in [-0.05, 0) is 0 Å². The molecule has 6 heteroatoms. The number of hydrogen-bond acceptors (Lipinski definition) is 6. The average molecular weight is 194 g/mol. The van der Waals surface area contributed by atoms with Gasteiger partial charge in [0.25, 0.3) is 0 Å². The molecular weight excluding hydrogens is 180 g/mol. The fourth-order valence-electron chi connectivity index (χ4n) is 1.38. The van der Waals surface area contributed by atoms with Crippen LogP contribution in [0, 0.1) is 0 Å². The van der Waals surface area contributed by atoms with Crippen LogP contribution in [-0.4, -0.2) is 64.8 Å². The number of hydrogen-bond donors (Lipinski definition) is 4. The van der Waals surface area contributed by atoms with Crippen molar-refractivity contribution in [3.05, 3.63) is 0 Å². The molecule has 0 aromatic carbocycles. The molecule has 1 aliphatic heterocycles. The minimum atomic E-state index is -1.86. The average Bonchev–Trinajstić information content (AvgIpc) is 2.41. The van der Waals surface area contributed by atoms with Crippen LogP contribution >= 0.6 is 0 Å². The zero-order valence-corrected chi connectivity index (χ0v) is 7.25. The quantitative estimate of drug-likeness (QED) is 0.394. The Morgan fingerprint density at radius 1 is 1.46 bits per heavy atom. The maximum absolute atomic E-state index is 9.67. The topological polar surface area (TPSA) is 99.4 Å². The summed E-state index contributed by atoms with van der Waals surface area (Å²) in [6, 6.07) is 0. The minimum Gasteiger partial charge on any atom is -0.394 e. The van der Waals surface area contributed by atoms with Crippen LogP contribution in [0.3, 0.4) is 0 Å². The highest BCUT2D eigenvalue weighted by atomic mass is 16.7. The zero-order valence-electron chi connectivity index (χ0n) is 7.25. The van der Waals surface area contributed by atoms with Gasteiger partial charge in [-0.1, -0.05) is 0 Å². The molecule has 4 atom stereocenters. The number of ether oxygens (including phenoxy) is 2. The van der Waals surface area contributed by atoms with Crippen molar-refractivity contribution in [2.45, 2.75) is 24.1 Å². The van der Waals surface area contributed by atoms with Crippen LogP contribution in [0.15, 0.2) is 0 Å². The van der Waals surface area contributed by atoms with E-state index < -0.39 is 37.3 Å². The molecule has 1 heterocycles. The van der Waals surface area contributed by atoms with Crippen molar-refractivity contribution in [1.82, 2.24) is 0 Å².